The molecule has 25 heavy (non-hydrogen) atoms. The minimum Gasteiger partial charge on any atom is -0.469 e. The van der Waals surface area contributed by atoms with Gasteiger partial charge in [0, 0.05) is 16.5 Å². The maximum absolute atomic E-state index is 13.0. The minimum atomic E-state index is -2.61. The number of carbonyl (C=O) groups excluding carboxylic acids is 1. The molecule has 134 valence electrons. The van der Waals surface area contributed by atoms with Crippen molar-refractivity contribution in [1.29, 1.82) is 0 Å². The molecule has 1 saturated carbocycles. The van der Waals surface area contributed by atoms with Gasteiger partial charge in [0.15, 0.2) is 0 Å². The van der Waals surface area contributed by atoms with Crippen LogP contribution in [0.4, 0.5) is 0 Å². The number of hydrogen-bond acceptors (Lipinski definition) is 5. The average molecular weight is 362 g/mol. The van der Waals surface area contributed by atoms with Gasteiger partial charge in [-0.05, 0) is 55.8 Å². The van der Waals surface area contributed by atoms with E-state index in [0.29, 0.717) is 10.8 Å². The van der Waals surface area contributed by atoms with Gasteiger partial charge in [-0.25, -0.2) is 13.9 Å². The van der Waals surface area contributed by atoms with Gasteiger partial charge in [-0.1, -0.05) is 0 Å². The maximum atomic E-state index is 13.0. The number of benzene rings is 1. The third kappa shape index (κ3) is 4.11. The highest BCUT2D eigenvalue weighted by Crippen LogP contribution is 2.27. The highest BCUT2D eigenvalue weighted by Gasteiger charge is 2.28. The molecule has 1 aromatic carbocycles. The first-order valence-electron chi connectivity index (χ1n) is 8.22. The molecule has 1 heterocycles. The van der Waals surface area contributed by atoms with Crippen LogP contribution in [0, 0.1) is 5.92 Å². The van der Waals surface area contributed by atoms with Gasteiger partial charge in [-0.15, -0.1) is 0 Å². The van der Waals surface area contributed by atoms with Crippen molar-refractivity contribution >= 4 is 21.5 Å². The Kier molecular flexibility index (Phi) is 5.24. The molecule has 0 saturated heterocycles. The van der Waals surface area contributed by atoms with Crippen molar-refractivity contribution in [2.45, 2.75) is 36.6 Å². The van der Waals surface area contributed by atoms with Crippen LogP contribution in [0.5, 0.6) is 0 Å². The van der Waals surface area contributed by atoms with Crippen LogP contribution in [0.25, 0.3) is 11.5 Å². The predicted molar refractivity (Wildman–Crippen MR) is 96.4 cm³/mol. The van der Waals surface area contributed by atoms with E-state index in [2.05, 4.69) is 15.6 Å². The molecule has 1 aliphatic carbocycles. The van der Waals surface area contributed by atoms with Gasteiger partial charge in [-0.2, -0.15) is 0 Å². The summed E-state index contributed by atoms with van der Waals surface area (Å²) in [5.74, 6) is 4.20. The summed E-state index contributed by atoms with van der Waals surface area (Å²) in [5, 5.41) is 0. The lowest BCUT2D eigenvalue weighted by Crippen LogP contribution is -2.38. The SMILES string of the molecule is C=S(=O)(NC1CCC(C(=O)OC)CC1)c1ccc(-c2ncco2)cc1. The van der Waals surface area contributed by atoms with Crippen molar-refractivity contribution in [3.8, 4) is 11.5 Å². The Morgan fingerprint density at radius 3 is 2.52 bits per heavy atom. The van der Waals surface area contributed by atoms with E-state index in [1.54, 1.807) is 18.3 Å². The monoisotopic (exact) mass is 362 g/mol. The Bertz CT molecular complexity index is 805. The summed E-state index contributed by atoms with van der Waals surface area (Å²) in [6, 6.07) is 7.28. The van der Waals surface area contributed by atoms with Crippen LogP contribution < -0.4 is 4.72 Å². The molecule has 1 N–H and O–H groups in total. The number of hydrogen-bond donors (Lipinski definition) is 1. The van der Waals surface area contributed by atoms with Gasteiger partial charge < -0.3 is 9.15 Å². The van der Waals surface area contributed by atoms with Crippen LogP contribution in [0.1, 0.15) is 25.7 Å². The number of esters is 1. The van der Waals surface area contributed by atoms with E-state index < -0.39 is 9.71 Å². The molecule has 0 radical (unpaired) electrons. The van der Waals surface area contributed by atoms with Crippen molar-refractivity contribution in [3.05, 3.63) is 36.7 Å². The molecule has 1 unspecified atom stereocenters. The first kappa shape index (κ1) is 17.7. The molecular weight excluding hydrogens is 340 g/mol. The molecule has 0 spiro atoms. The van der Waals surface area contributed by atoms with Crippen LogP contribution >= 0.6 is 0 Å². The summed E-state index contributed by atoms with van der Waals surface area (Å²) in [6.45, 7) is 0. The zero-order valence-corrected chi connectivity index (χ0v) is 15.0. The van der Waals surface area contributed by atoms with Crippen molar-refractivity contribution in [1.82, 2.24) is 9.71 Å². The van der Waals surface area contributed by atoms with E-state index in [9.17, 15) is 9.00 Å². The first-order valence-corrected chi connectivity index (χ1v) is 9.94. The smallest absolute Gasteiger partial charge is 0.308 e. The van der Waals surface area contributed by atoms with Gasteiger partial charge in [-0.3, -0.25) is 4.79 Å². The van der Waals surface area contributed by atoms with Crippen LogP contribution in [0.2, 0.25) is 0 Å². The molecular formula is C18H22N2O4S. The number of oxazole rings is 1. The average Bonchev–Trinajstić information content (AvgIpc) is 3.16. The van der Waals surface area contributed by atoms with E-state index in [0.717, 1.165) is 31.2 Å². The van der Waals surface area contributed by atoms with Crippen molar-refractivity contribution in [2.24, 2.45) is 5.92 Å². The number of rotatable bonds is 5. The molecule has 7 heteroatoms. The Balaban J connectivity index is 1.63. The fourth-order valence-electron chi connectivity index (χ4n) is 3.13. The topological polar surface area (TPSA) is 81.4 Å². The number of nitrogens with zero attached hydrogens (tertiary/aromatic N) is 1. The number of methoxy groups -OCH3 is 1. The molecule has 0 amide bonds. The number of carbonyl (C=O) groups is 1. The third-order valence-electron chi connectivity index (χ3n) is 4.53. The van der Waals surface area contributed by atoms with Crippen LogP contribution in [-0.2, 0) is 19.2 Å². The zero-order valence-electron chi connectivity index (χ0n) is 14.1. The second-order valence-electron chi connectivity index (χ2n) is 6.23. The quantitative estimate of drug-likeness (QED) is 0.653. The summed E-state index contributed by atoms with van der Waals surface area (Å²) < 4.78 is 26.2. The molecule has 1 atom stereocenters. The van der Waals surface area contributed by atoms with E-state index in [1.165, 1.54) is 13.4 Å². The lowest BCUT2D eigenvalue weighted by Gasteiger charge is -2.28. The van der Waals surface area contributed by atoms with Gasteiger partial charge in [0.1, 0.15) is 6.26 Å². The Labute approximate surface area is 147 Å². The first-order chi connectivity index (χ1) is 12.0. The molecule has 6 nitrogen and oxygen atoms in total. The molecule has 3 rings (SSSR count). The summed E-state index contributed by atoms with van der Waals surface area (Å²) in [6.07, 6.45) is 6.13. The number of ether oxygens (including phenoxy) is 1. The van der Waals surface area contributed by atoms with Gasteiger partial charge in [0.05, 0.1) is 28.9 Å². The fraction of sp³-hybridized carbons (Fsp3) is 0.389. The molecule has 1 fully saturated rings. The van der Waals surface area contributed by atoms with Gasteiger partial charge >= 0.3 is 5.97 Å². The van der Waals surface area contributed by atoms with E-state index >= 15 is 0 Å². The van der Waals surface area contributed by atoms with E-state index in [4.69, 9.17) is 9.15 Å². The Morgan fingerprint density at radius 2 is 1.96 bits per heavy atom. The van der Waals surface area contributed by atoms with E-state index in [1.807, 2.05) is 12.1 Å². The number of aromatic nitrogens is 1. The lowest BCUT2D eigenvalue weighted by molar-refractivity contribution is -0.146. The second kappa shape index (κ2) is 7.41. The van der Waals surface area contributed by atoms with Crippen molar-refractivity contribution in [2.75, 3.05) is 7.11 Å². The Morgan fingerprint density at radius 1 is 1.28 bits per heavy atom. The largest absolute Gasteiger partial charge is 0.469 e. The summed E-state index contributed by atoms with van der Waals surface area (Å²) in [7, 11) is -1.19. The van der Waals surface area contributed by atoms with Crippen LogP contribution in [-0.4, -0.2) is 34.2 Å². The molecule has 2 aromatic rings. The van der Waals surface area contributed by atoms with E-state index in [-0.39, 0.29) is 17.9 Å². The molecule has 1 aliphatic rings. The summed E-state index contributed by atoms with van der Waals surface area (Å²) in [4.78, 5) is 16.3. The second-order valence-corrected chi connectivity index (χ2v) is 8.28. The van der Waals surface area contributed by atoms with Crippen molar-refractivity contribution in [3.63, 3.8) is 0 Å². The molecule has 1 aromatic heterocycles. The van der Waals surface area contributed by atoms with Gasteiger partial charge in [0.25, 0.3) is 0 Å². The normalized spacial score (nSPS) is 22.9. The fourth-order valence-corrected chi connectivity index (χ4v) is 4.62. The molecule has 0 bridgehead atoms. The summed E-state index contributed by atoms with van der Waals surface area (Å²) >= 11 is 0. The standard InChI is InChI=1S/C18H22N2O4S/c1-23-18(21)14-3-7-15(8-4-14)20-25(2,22)16-9-5-13(6-10-16)17-19-11-12-24-17/h5-6,9-12,14-15H,2-4,7-8H2,1H3,(H,20,22). The number of nitrogens with one attached hydrogen (secondary N) is 1. The highest BCUT2D eigenvalue weighted by atomic mass is 32.2. The summed E-state index contributed by atoms with van der Waals surface area (Å²) in [5.41, 5.74) is 0.822. The Hall–Kier alpha value is -2.12. The van der Waals surface area contributed by atoms with Crippen molar-refractivity contribution < 1.29 is 18.2 Å². The minimum absolute atomic E-state index is 0.0519. The molecule has 0 aliphatic heterocycles. The lowest BCUT2D eigenvalue weighted by atomic mass is 9.86. The van der Waals surface area contributed by atoms with Gasteiger partial charge in [0.2, 0.25) is 5.89 Å². The zero-order chi connectivity index (χ0) is 17.9. The maximum Gasteiger partial charge on any atom is 0.308 e. The van der Waals surface area contributed by atoms with Crippen LogP contribution in [0.15, 0.2) is 46.0 Å². The highest BCUT2D eigenvalue weighted by molar-refractivity contribution is 7.98. The predicted octanol–water partition coefficient (Wildman–Crippen LogP) is 2.65. The third-order valence-corrected chi connectivity index (χ3v) is 6.28. The van der Waals surface area contributed by atoms with Crippen LogP contribution in [0.3, 0.4) is 0 Å².